The van der Waals surface area contributed by atoms with E-state index in [1.807, 2.05) is 67.5 Å². The average Bonchev–Trinajstić information content (AvgIpc) is 2.95. The van der Waals surface area contributed by atoms with Crippen LogP contribution in [0.25, 0.3) is 10.9 Å². The standard InChI is InChI=1S/C31H37N5O2/c1-36(2)30-26-13-7-8-14-27(26)34-31(35-30)33-25-18-16-24(17-19-25)32-20-23-12-9-15-28(37-3)29(23)38-21-22-10-5-4-6-11-22/h4-15,24-25,32H,16-21H2,1-3H3,(H,33,34,35)/t24-,25+. The van der Waals surface area contributed by atoms with Crippen LogP contribution in [0.1, 0.15) is 36.8 Å². The molecule has 1 saturated carbocycles. The predicted molar refractivity (Wildman–Crippen MR) is 154 cm³/mol. The monoisotopic (exact) mass is 511 g/mol. The van der Waals surface area contributed by atoms with Gasteiger partial charge in [0.25, 0.3) is 0 Å². The Bertz CT molecular complexity index is 1340. The molecule has 1 aliphatic rings. The van der Waals surface area contributed by atoms with Gasteiger partial charge in [-0.2, -0.15) is 4.98 Å². The summed E-state index contributed by atoms with van der Waals surface area (Å²) in [4.78, 5) is 11.6. The van der Waals surface area contributed by atoms with E-state index in [1.54, 1.807) is 7.11 Å². The van der Waals surface area contributed by atoms with E-state index < -0.39 is 0 Å². The summed E-state index contributed by atoms with van der Waals surface area (Å²) in [5.41, 5.74) is 3.21. The SMILES string of the molecule is COc1cccc(CN[C@H]2CC[C@@H](Nc3nc(N(C)C)c4ccccc4n3)CC2)c1OCc1ccccc1. The highest BCUT2D eigenvalue weighted by Gasteiger charge is 2.23. The van der Waals surface area contributed by atoms with Gasteiger partial charge < -0.3 is 25.0 Å². The number of aromatic nitrogens is 2. The van der Waals surface area contributed by atoms with Gasteiger partial charge in [0.15, 0.2) is 11.5 Å². The fourth-order valence-corrected chi connectivity index (χ4v) is 5.10. The van der Waals surface area contributed by atoms with Crippen molar-refractivity contribution in [1.29, 1.82) is 0 Å². The van der Waals surface area contributed by atoms with Gasteiger partial charge in [0.05, 0.1) is 12.6 Å². The molecule has 38 heavy (non-hydrogen) atoms. The number of anilines is 2. The number of para-hydroxylation sites is 2. The first-order valence-electron chi connectivity index (χ1n) is 13.4. The zero-order valence-corrected chi connectivity index (χ0v) is 22.5. The summed E-state index contributed by atoms with van der Waals surface area (Å²) in [7, 11) is 5.74. The van der Waals surface area contributed by atoms with Gasteiger partial charge in [-0.25, -0.2) is 4.98 Å². The van der Waals surface area contributed by atoms with Gasteiger partial charge in [0, 0.05) is 43.7 Å². The molecular weight excluding hydrogens is 474 g/mol. The largest absolute Gasteiger partial charge is 0.493 e. The second kappa shape index (κ2) is 12.1. The molecule has 0 radical (unpaired) electrons. The van der Waals surface area contributed by atoms with Crippen molar-refractivity contribution >= 4 is 22.7 Å². The highest BCUT2D eigenvalue weighted by molar-refractivity contribution is 5.90. The molecule has 1 fully saturated rings. The Morgan fingerprint density at radius 1 is 0.842 bits per heavy atom. The van der Waals surface area contributed by atoms with Gasteiger partial charge in [0.2, 0.25) is 5.95 Å². The molecule has 2 N–H and O–H groups in total. The molecule has 0 amide bonds. The first kappa shape index (κ1) is 25.8. The Hall–Kier alpha value is -3.84. The average molecular weight is 512 g/mol. The molecule has 5 rings (SSSR count). The Kier molecular flexibility index (Phi) is 8.24. The van der Waals surface area contributed by atoms with Gasteiger partial charge in [-0.15, -0.1) is 0 Å². The van der Waals surface area contributed by atoms with Crippen LogP contribution in [0.4, 0.5) is 11.8 Å². The Morgan fingerprint density at radius 3 is 2.34 bits per heavy atom. The van der Waals surface area contributed by atoms with Crippen molar-refractivity contribution in [2.75, 3.05) is 31.4 Å². The summed E-state index contributed by atoms with van der Waals surface area (Å²) in [6.07, 6.45) is 4.33. The molecule has 0 spiro atoms. The van der Waals surface area contributed by atoms with Gasteiger partial charge in [0.1, 0.15) is 12.4 Å². The normalized spacial score (nSPS) is 17.2. The lowest BCUT2D eigenvalue weighted by molar-refractivity contribution is 0.278. The number of hydrogen-bond acceptors (Lipinski definition) is 7. The lowest BCUT2D eigenvalue weighted by atomic mass is 9.91. The first-order chi connectivity index (χ1) is 18.6. The maximum Gasteiger partial charge on any atom is 0.225 e. The molecule has 7 nitrogen and oxygen atoms in total. The molecule has 3 aromatic carbocycles. The smallest absolute Gasteiger partial charge is 0.225 e. The fraction of sp³-hybridized carbons (Fsp3) is 0.355. The summed E-state index contributed by atoms with van der Waals surface area (Å²) >= 11 is 0. The second-order valence-electron chi connectivity index (χ2n) is 10.1. The van der Waals surface area contributed by atoms with Crippen LogP contribution in [-0.2, 0) is 13.2 Å². The van der Waals surface area contributed by atoms with Gasteiger partial charge >= 0.3 is 0 Å². The third-order valence-corrected chi connectivity index (χ3v) is 7.15. The Balaban J connectivity index is 1.17. The van der Waals surface area contributed by atoms with E-state index in [0.29, 0.717) is 24.6 Å². The highest BCUT2D eigenvalue weighted by Crippen LogP contribution is 2.32. The van der Waals surface area contributed by atoms with Crippen molar-refractivity contribution in [3.8, 4) is 11.5 Å². The van der Waals surface area contributed by atoms with E-state index >= 15 is 0 Å². The predicted octanol–water partition coefficient (Wildman–Crippen LogP) is 5.80. The maximum atomic E-state index is 6.23. The van der Waals surface area contributed by atoms with Crippen molar-refractivity contribution in [2.45, 2.75) is 50.9 Å². The Labute approximate surface area is 225 Å². The van der Waals surface area contributed by atoms with Crippen molar-refractivity contribution < 1.29 is 9.47 Å². The van der Waals surface area contributed by atoms with Crippen LogP contribution in [0.2, 0.25) is 0 Å². The minimum absolute atomic E-state index is 0.366. The van der Waals surface area contributed by atoms with Crippen molar-refractivity contribution in [3.05, 3.63) is 83.9 Å². The quantitative estimate of drug-likeness (QED) is 0.279. The summed E-state index contributed by atoms with van der Waals surface area (Å²) in [6, 6.07) is 25.3. The third-order valence-electron chi connectivity index (χ3n) is 7.15. The number of rotatable bonds is 10. The topological polar surface area (TPSA) is 71.5 Å². The van der Waals surface area contributed by atoms with E-state index in [0.717, 1.165) is 71.6 Å². The third kappa shape index (κ3) is 6.17. The van der Waals surface area contributed by atoms with Crippen molar-refractivity contribution in [1.82, 2.24) is 15.3 Å². The van der Waals surface area contributed by atoms with Crippen LogP contribution in [0.15, 0.2) is 72.8 Å². The van der Waals surface area contributed by atoms with E-state index in [4.69, 9.17) is 19.4 Å². The number of nitrogens with zero attached hydrogens (tertiary/aromatic N) is 3. The molecule has 0 atom stereocenters. The minimum Gasteiger partial charge on any atom is -0.493 e. The molecule has 0 aliphatic heterocycles. The molecule has 198 valence electrons. The van der Waals surface area contributed by atoms with Crippen molar-refractivity contribution in [2.24, 2.45) is 0 Å². The lowest BCUT2D eigenvalue weighted by Crippen LogP contribution is -2.37. The number of fused-ring (bicyclic) bond motifs is 1. The molecule has 0 bridgehead atoms. The molecule has 0 saturated heterocycles. The summed E-state index contributed by atoms with van der Waals surface area (Å²) in [5, 5.41) is 8.44. The van der Waals surface area contributed by atoms with Crippen LogP contribution in [0.5, 0.6) is 11.5 Å². The number of hydrogen-bond donors (Lipinski definition) is 2. The molecule has 1 aliphatic carbocycles. The maximum absolute atomic E-state index is 6.23. The van der Waals surface area contributed by atoms with Crippen LogP contribution in [0.3, 0.4) is 0 Å². The van der Waals surface area contributed by atoms with Gasteiger partial charge in [-0.05, 0) is 49.4 Å². The van der Waals surface area contributed by atoms with Crippen LogP contribution < -0.4 is 25.0 Å². The number of methoxy groups -OCH3 is 1. The minimum atomic E-state index is 0.366. The Morgan fingerprint density at radius 2 is 1.58 bits per heavy atom. The fourth-order valence-electron chi connectivity index (χ4n) is 5.10. The van der Waals surface area contributed by atoms with E-state index in [-0.39, 0.29) is 0 Å². The van der Waals surface area contributed by atoms with Crippen LogP contribution in [0, 0.1) is 0 Å². The first-order valence-corrected chi connectivity index (χ1v) is 13.4. The van der Waals surface area contributed by atoms with Crippen LogP contribution in [-0.4, -0.2) is 43.3 Å². The zero-order chi connectivity index (χ0) is 26.3. The summed E-state index contributed by atoms with van der Waals surface area (Å²) in [6.45, 7) is 1.25. The lowest BCUT2D eigenvalue weighted by Gasteiger charge is -2.30. The second-order valence-corrected chi connectivity index (χ2v) is 10.1. The molecule has 1 heterocycles. The summed E-state index contributed by atoms with van der Waals surface area (Å²) in [5.74, 6) is 3.23. The molecular formula is C31H37N5O2. The van der Waals surface area contributed by atoms with Crippen LogP contribution >= 0.6 is 0 Å². The molecule has 4 aromatic rings. The molecule has 7 heteroatoms. The number of benzene rings is 3. The zero-order valence-electron chi connectivity index (χ0n) is 22.5. The molecule has 1 aromatic heterocycles. The van der Waals surface area contributed by atoms with Gasteiger partial charge in [-0.1, -0.05) is 54.6 Å². The van der Waals surface area contributed by atoms with Crippen molar-refractivity contribution in [3.63, 3.8) is 0 Å². The number of nitrogens with one attached hydrogen (secondary N) is 2. The molecule has 0 unspecified atom stereocenters. The summed E-state index contributed by atoms with van der Waals surface area (Å²) < 4.78 is 11.8. The van der Waals surface area contributed by atoms with E-state index in [1.165, 1.54) is 0 Å². The van der Waals surface area contributed by atoms with Gasteiger partial charge in [-0.3, -0.25) is 0 Å². The van der Waals surface area contributed by atoms with E-state index in [2.05, 4.69) is 34.9 Å². The highest BCUT2D eigenvalue weighted by atomic mass is 16.5. The number of ether oxygens (including phenoxy) is 2. The van der Waals surface area contributed by atoms with E-state index in [9.17, 15) is 0 Å².